The van der Waals surface area contributed by atoms with Gasteiger partial charge in [0.2, 0.25) is 0 Å². The fraction of sp³-hybridized carbons (Fsp3) is 0.667. The number of hydrogen-bond donors (Lipinski definition) is 0. The van der Waals surface area contributed by atoms with Crippen LogP contribution in [-0.2, 0) is 4.74 Å². The van der Waals surface area contributed by atoms with E-state index in [1.54, 1.807) is 12.3 Å². The van der Waals surface area contributed by atoms with E-state index in [0.29, 0.717) is 12.6 Å². The molecule has 1 aromatic heterocycles. The van der Waals surface area contributed by atoms with Gasteiger partial charge >= 0.3 is 0 Å². The van der Waals surface area contributed by atoms with E-state index in [4.69, 9.17) is 9.47 Å². The van der Waals surface area contributed by atoms with Gasteiger partial charge in [0.25, 0.3) is 5.88 Å². The van der Waals surface area contributed by atoms with Crippen LogP contribution < -0.4 is 4.74 Å². The summed E-state index contributed by atoms with van der Waals surface area (Å²) in [6, 6.07) is 3.49. The lowest BCUT2D eigenvalue weighted by Gasteiger charge is -2.54. The average molecular weight is 280 g/mol. The molecule has 0 N–H and O–H groups in total. The minimum Gasteiger partial charge on any atom is -0.472 e. The number of hydrogen-bond acceptors (Lipinski definition) is 4. The number of likely N-dealkylation sites (tertiary alicyclic amines) is 1. The molecule has 0 aliphatic carbocycles. The number of halogens is 1. The van der Waals surface area contributed by atoms with E-state index in [1.807, 2.05) is 0 Å². The summed E-state index contributed by atoms with van der Waals surface area (Å²) >= 11 is 0. The van der Waals surface area contributed by atoms with Gasteiger partial charge in [0.05, 0.1) is 12.2 Å². The molecule has 2 aliphatic rings. The second-order valence-electron chi connectivity index (χ2n) is 6.05. The first-order valence-corrected chi connectivity index (χ1v) is 7.23. The van der Waals surface area contributed by atoms with Crippen molar-refractivity contribution in [2.45, 2.75) is 44.4 Å². The maximum absolute atomic E-state index is 13.6. The molecule has 1 atom stereocenters. The first-order chi connectivity index (χ1) is 9.58. The van der Waals surface area contributed by atoms with Crippen LogP contribution in [0.2, 0.25) is 0 Å². The van der Waals surface area contributed by atoms with Crippen LogP contribution in [0.4, 0.5) is 4.39 Å². The Balaban J connectivity index is 1.61. The summed E-state index contributed by atoms with van der Waals surface area (Å²) in [6.07, 6.45) is 3.14. The molecule has 0 saturated carbocycles. The second kappa shape index (κ2) is 5.30. The Hall–Kier alpha value is -1.20. The van der Waals surface area contributed by atoms with E-state index in [1.165, 1.54) is 6.07 Å². The van der Waals surface area contributed by atoms with Gasteiger partial charge in [-0.3, -0.25) is 4.90 Å². The lowest BCUT2D eigenvalue weighted by molar-refractivity contribution is -0.192. The zero-order chi connectivity index (χ0) is 14.2. The Morgan fingerprint density at radius 2 is 2.30 bits per heavy atom. The highest BCUT2D eigenvalue weighted by atomic mass is 19.1. The molecule has 20 heavy (non-hydrogen) atoms. The molecule has 3 rings (SSSR count). The lowest BCUT2D eigenvalue weighted by Crippen LogP contribution is -2.67. The van der Waals surface area contributed by atoms with Crippen LogP contribution in [0, 0.1) is 5.82 Å². The van der Waals surface area contributed by atoms with E-state index in [-0.39, 0.29) is 17.6 Å². The van der Waals surface area contributed by atoms with Crippen LogP contribution in [0.25, 0.3) is 0 Å². The molecule has 0 aromatic carbocycles. The Kier molecular flexibility index (Phi) is 3.65. The first kappa shape index (κ1) is 13.8. The van der Waals surface area contributed by atoms with Gasteiger partial charge < -0.3 is 9.47 Å². The molecule has 2 fully saturated rings. The molecule has 0 unspecified atom stereocenters. The fourth-order valence-corrected chi connectivity index (χ4v) is 2.98. The molecule has 3 heterocycles. The van der Waals surface area contributed by atoms with E-state index in [9.17, 15) is 4.39 Å². The van der Waals surface area contributed by atoms with Gasteiger partial charge in [-0.1, -0.05) is 0 Å². The number of rotatable bonds is 3. The van der Waals surface area contributed by atoms with E-state index >= 15 is 0 Å². The van der Waals surface area contributed by atoms with Gasteiger partial charge in [-0.25, -0.2) is 9.37 Å². The quantitative estimate of drug-likeness (QED) is 0.850. The van der Waals surface area contributed by atoms with Crippen molar-refractivity contribution in [3.63, 3.8) is 0 Å². The molecule has 110 valence electrons. The van der Waals surface area contributed by atoms with Crippen LogP contribution in [0.5, 0.6) is 5.88 Å². The molecule has 1 aromatic rings. The standard InChI is InChI=1S/C15H21FN2O2/c1-11(2)18-9-15(10-18)8-12(5-7-19-15)20-14-13(16)4-3-6-17-14/h3-4,6,11-12H,5,7-10H2,1-2H3/t12-/m1/s1. The highest BCUT2D eigenvalue weighted by Gasteiger charge is 2.48. The van der Waals surface area contributed by atoms with Crippen molar-refractivity contribution < 1.29 is 13.9 Å². The largest absolute Gasteiger partial charge is 0.472 e. The number of aromatic nitrogens is 1. The zero-order valence-electron chi connectivity index (χ0n) is 12.0. The minimum atomic E-state index is -0.398. The molecular weight excluding hydrogens is 259 g/mol. The van der Waals surface area contributed by atoms with Crippen LogP contribution in [0.15, 0.2) is 18.3 Å². The summed E-state index contributed by atoms with van der Waals surface area (Å²) in [6.45, 7) is 6.93. The van der Waals surface area contributed by atoms with Crippen molar-refractivity contribution in [1.29, 1.82) is 0 Å². The minimum absolute atomic E-state index is 0.0116. The monoisotopic (exact) mass is 280 g/mol. The molecule has 5 heteroatoms. The third-order valence-electron chi connectivity index (χ3n) is 4.16. The molecule has 0 amide bonds. The SMILES string of the molecule is CC(C)N1CC2(C[C@H](Oc3ncccc3F)CCO2)C1. The van der Waals surface area contributed by atoms with Gasteiger partial charge in [-0.2, -0.15) is 0 Å². The van der Waals surface area contributed by atoms with Crippen LogP contribution in [-0.4, -0.2) is 47.3 Å². The Morgan fingerprint density at radius 3 is 3.00 bits per heavy atom. The zero-order valence-corrected chi connectivity index (χ0v) is 12.0. The average Bonchev–Trinajstić information content (AvgIpc) is 2.39. The van der Waals surface area contributed by atoms with Crippen LogP contribution in [0.3, 0.4) is 0 Å². The lowest BCUT2D eigenvalue weighted by atomic mass is 9.84. The van der Waals surface area contributed by atoms with Gasteiger partial charge in [0.1, 0.15) is 6.10 Å². The Bertz CT molecular complexity index is 475. The molecule has 1 spiro atoms. The second-order valence-corrected chi connectivity index (χ2v) is 6.05. The van der Waals surface area contributed by atoms with Gasteiger partial charge in [0, 0.05) is 38.2 Å². The van der Waals surface area contributed by atoms with Crippen LogP contribution in [0.1, 0.15) is 26.7 Å². The number of nitrogens with zero attached hydrogens (tertiary/aromatic N) is 2. The van der Waals surface area contributed by atoms with Gasteiger partial charge in [-0.05, 0) is 26.0 Å². The third-order valence-corrected chi connectivity index (χ3v) is 4.16. The molecule has 0 bridgehead atoms. The highest BCUT2D eigenvalue weighted by Crippen LogP contribution is 2.36. The topological polar surface area (TPSA) is 34.6 Å². The first-order valence-electron chi connectivity index (χ1n) is 7.23. The van der Waals surface area contributed by atoms with Crippen LogP contribution >= 0.6 is 0 Å². The highest BCUT2D eigenvalue weighted by molar-refractivity contribution is 5.14. The molecule has 4 nitrogen and oxygen atoms in total. The summed E-state index contributed by atoms with van der Waals surface area (Å²) in [5, 5.41) is 0. The van der Waals surface area contributed by atoms with Crippen molar-refractivity contribution >= 4 is 0 Å². The maximum Gasteiger partial charge on any atom is 0.250 e. The van der Waals surface area contributed by atoms with Gasteiger partial charge in [0.15, 0.2) is 5.82 Å². The Morgan fingerprint density at radius 1 is 1.50 bits per heavy atom. The molecular formula is C15H21FN2O2. The van der Waals surface area contributed by atoms with E-state index < -0.39 is 5.82 Å². The van der Waals surface area contributed by atoms with Crippen molar-refractivity contribution in [3.05, 3.63) is 24.1 Å². The number of pyridine rings is 1. The summed E-state index contributed by atoms with van der Waals surface area (Å²) < 4.78 is 25.2. The smallest absolute Gasteiger partial charge is 0.250 e. The van der Waals surface area contributed by atoms with Crippen molar-refractivity contribution in [2.24, 2.45) is 0 Å². The predicted octanol–water partition coefficient (Wildman–Crippen LogP) is 2.24. The van der Waals surface area contributed by atoms with Crippen molar-refractivity contribution in [2.75, 3.05) is 19.7 Å². The molecule has 0 radical (unpaired) electrons. The predicted molar refractivity (Wildman–Crippen MR) is 73.2 cm³/mol. The summed E-state index contributed by atoms with van der Waals surface area (Å²) in [5.74, 6) is -0.292. The maximum atomic E-state index is 13.6. The van der Waals surface area contributed by atoms with E-state index in [0.717, 1.165) is 25.9 Å². The fourth-order valence-electron chi connectivity index (χ4n) is 2.98. The normalized spacial score (nSPS) is 25.7. The molecule has 2 aliphatic heterocycles. The van der Waals surface area contributed by atoms with Crippen molar-refractivity contribution in [1.82, 2.24) is 9.88 Å². The summed E-state index contributed by atoms with van der Waals surface area (Å²) in [4.78, 5) is 6.34. The van der Waals surface area contributed by atoms with E-state index in [2.05, 4.69) is 23.7 Å². The summed E-state index contributed by atoms with van der Waals surface area (Å²) in [7, 11) is 0. The number of ether oxygens (including phenoxy) is 2. The molecule has 2 saturated heterocycles. The van der Waals surface area contributed by atoms with Crippen molar-refractivity contribution in [3.8, 4) is 5.88 Å². The van der Waals surface area contributed by atoms with Gasteiger partial charge in [-0.15, -0.1) is 0 Å². The summed E-state index contributed by atoms with van der Waals surface area (Å²) in [5.41, 5.74) is -0.0988. The Labute approximate surface area is 118 Å². The third kappa shape index (κ3) is 2.65.